The van der Waals surface area contributed by atoms with Gasteiger partial charge in [0.1, 0.15) is 5.01 Å². The molecule has 2 fully saturated rings. The number of amides is 2. The summed E-state index contributed by atoms with van der Waals surface area (Å²) >= 11 is 1.55. The third kappa shape index (κ3) is 3.26. The molecule has 2 amide bonds. The van der Waals surface area contributed by atoms with Crippen molar-refractivity contribution in [3.8, 4) is 0 Å². The molecule has 1 N–H and O–H groups in total. The number of carbonyl (C=O) groups is 2. The third-order valence-corrected chi connectivity index (χ3v) is 5.34. The number of aromatic nitrogens is 1. The molecule has 2 heterocycles. The summed E-state index contributed by atoms with van der Waals surface area (Å²) < 4.78 is 0. The van der Waals surface area contributed by atoms with Crippen molar-refractivity contribution in [1.82, 2.24) is 15.2 Å². The van der Waals surface area contributed by atoms with E-state index in [1.165, 1.54) is 12.8 Å². The van der Waals surface area contributed by atoms with E-state index in [1.54, 1.807) is 11.3 Å². The summed E-state index contributed by atoms with van der Waals surface area (Å²) in [6, 6.07) is 0.372. The molecule has 0 bridgehead atoms. The van der Waals surface area contributed by atoms with Gasteiger partial charge in [0.05, 0.1) is 12.5 Å². The summed E-state index contributed by atoms with van der Waals surface area (Å²) in [4.78, 5) is 30.6. The van der Waals surface area contributed by atoms with E-state index in [1.807, 2.05) is 17.2 Å². The van der Waals surface area contributed by atoms with Crippen LogP contribution in [-0.2, 0) is 16.1 Å². The molecule has 1 aromatic heterocycles. The molecule has 6 heteroatoms. The first kappa shape index (κ1) is 14.5. The minimum atomic E-state index is -0.195. The van der Waals surface area contributed by atoms with E-state index in [9.17, 15) is 9.59 Å². The van der Waals surface area contributed by atoms with E-state index < -0.39 is 0 Å². The van der Waals surface area contributed by atoms with Crippen LogP contribution in [0, 0.1) is 12.8 Å². The highest BCUT2D eigenvalue weighted by molar-refractivity contribution is 7.09. The third-order valence-electron chi connectivity index (χ3n) is 4.38. The number of likely N-dealkylation sites (tertiary alicyclic amines) is 1. The van der Waals surface area contributed by atoms with Gasteiger partial charge >= 0.3 is 0 Å². The normalized spacial score (nSPS) is 23.0. The molecule has 114 valence electrons. The molecule has 1 saturated heterocycles. The molecule has 1 aromatic rings. The number of rotatable bonds is 4. The Bertz CT molecular complexity index is 537. The Kier molecular flexibility index (Phi) is 4.24. The van der Waals surface area contributed by atoms with Crippen LogP contribution in [0.4, 0.5) is 0 Å². The Hall–Kier alpha value is -1.43. The van der Waals surface area contributed by atoms with E-state index in [4.69, 9.17) is 0 Å². The molecule has 3 rings (SSSR count). The van der Waals surface area contributed by atoms with E-state index in [2.05, 4.69) is 10.3 Å². The molecule has 0 spiro atoms. The molecule has 1 aliphatic heterocycles. The van der Waals surface area contributed by atoms with E-state index in [0.717, 1.165) is 23.5 Å². The molecule has 0 aromatic carbocycles. The molecule has 1 saturated carbocycles. The highest BCUT2D eigenvalue weighted by Gasteiger charge is 2.38. The van der Waals surface area contributed by atoms with Crippen LogP contribution in [0.2, 0.25) is 0 Å². The fraction of sp³-hybridized carbons (Fsp3) is 0.667. The predicted molar refractivity (Wildman–Crippen MR) is 80.8 cm³/mol. The number of aryl methyl sites for hydroxylation is 1. The van der Waals surface area contributed by atoms with Crippen molar-refractivity contribution in [2.45, 2.75) is 51.6 Å². The van der Waals surface area contributed by atoms with Crippen LogP contribution in [-0.4, -0.2) is 34.3 Å². The Morgan fingerprint density at radius 1 is 1.48 bits per heavy atom. The van der Waals surface area contributed by atoms with Gasteiger partial charge in [-0.2, -0.15) is 0 Å². The van der Waals surface area contributed by atoms with Crippen molar-refractivity contribution in [2.75, 3.05) is 6.54 Å². The van der Waals surface area contributed by atoms with Gasteiger partial charge in [0.25, 0.3) is 0 Å². The quantitative estimate of drug-likeness (QED) is 0.923. The van der Waals surface area contributed by atoms with Gasteiger partial charge in [0.2, 0.25) is 11.8 Å². The lowest BCUT2D eigenvalue weighted by atomic mass is 10.1. The van der Waals surface area contributed by atoms with Crippen molar-refractivity contribution in [1.29, 1.82) is 0 Å². The van der Waals surface area contributed by atoms with Crippen LogP contribution in [0.5, 0.6) is 0 Å². The molecule has 2 aliphatic rings. The summed E-state index contributed by atoms with van der Waals surface area (Å²) in [5.41, 5.74) is 0.979. The number of nitrogens with zero attached hydrogens (tertiary/aromatic N) is 2. The van der Waals surface area contributed by atoms with Crippen LogP contribution >= 0.6 is 11.3 Å². The highest BCUT2D eigenvalue weighted by atomic mass is 32.1. The lowest BCUT2D eigenvalue weighted by Gasteiger charge is -2.23. The monoisotopic (exact) mass is 307 g/mol. The Morgan fingerprint density at radius 2 is 2.24 bits per heavy atom. The van der Waals surface area contributed by atoms with Crippen molar-refractivity contribution in [3.05, 3.63) is 16.1 Å². The van der Waals surface area contributed by atoms with Gasteiger partial charge in [-0.15, -0.1) is 11.3 Å². The SMILES string of the molecule is Cc1csc(CNC(=O)C2CC(=O)N(C3CCCC3)C2)n1. The number of hydrogen-bond acceptors (Lipinski definition) is 4. The average Bonchev–Trinajstić information content (AvgIpc) is 3.16. The topological polar surface area (TPSA) is 62.3 Å². The minimum Gasteiger partial charge on any atom is -0.349 e. The number of nitrogens with one attached hydrogen (secondary N) is 1. The highest BCUT2D eigenvalue weighted by Crippen LogP contribution is 2.29. The molecule has 1 unspecified atom stereocenters. The fourth-order valence-corrected chi connectivity index (χ4v) is 3.98. The lowest BCUT2D eigenvalue weighted by Crippen LogP contribution is -2.36. The van der Waals surface area contributed by atoms with Crippen molar-refractivity contribution in [2.24, 2.45) is 5.92 Å². The zero-order valence-electron chi connectivity index (χ0n) is 12.3. The second kappa shape index (κ2) is 6.13. The van der Waals surface area contributed by atoms with Crippen molar-refractivity contribution < 1.29 is 9.59 Å². The van der Waals surface area contributed by atoms with Gasteiger partial charge in [0, 0.05) is 30.1 Å². The van der Waals surface area contributed by atoms with E-state index in [0.29, 0.717) is 25.6 Å². The van der Waals surface area contributed by atoms with Gasteiger partial charge in [-0.1, -0.05) is 12.8 Å². The first-order chi connectivity index (χ1) is 10.1. The van der Waals surface area contributed by atoms with Gasteiger partial charge in [-0.25, -0.2) is 4.98 Å². The van der Waals surface area contributed by atoms with E-state index >= 15 is 0 Å². The van der Waals surface area contributed by atoms with Crippen LogP contribution in [0.25, 0.3) is 0 Å². The lowest BCUT2D eigenvalue weighted by molar-refractivity contribution is -0.130. The van der Waals surface area contributed by atoms with Gasteiger partial charge in [-0.05, 0) is 19.8 Å². The largest absolute Gasteiger partial charge is 0.349 e. The van der Waals surface area contributed by atoms with Crippen LogP contribution in [0.3, 0.4) is 0 Å². The van der Waals surface area contributed by atoms with Crippen LogP contribution < -0.4 is 5.32 Å². The standard InChI is InChI=1S/C15H21N3O2S/c1-10-9-21-13(17-10)7-16-15(20)11-6-14(19)18(8-11)12-4-2-3-5-12/h9,11-12H,2-8H2,1H3,(H,16,20). The first-order valence-electron chi connectivity index (χ1n) is 7.61. The maximum Gasteiger partial charge on any atom is 0.225 e. The minimum absolute atomic E-state index is 0.0169. The predicted octanol–water partition coefficient (Wildman–Crippen LogP) is 1.86. The number of thiazole rings is 1. The zero-order chi connectivity index (χ0) is 14.8. The van der Waals surface area contributed by atoms with Crippen molar-refractivity contribution in [3.63, 3.8) is 0 Å². The Morgan fingerprint density at radius 3 is 2.90 bits per heavy atom. The summed E-state index contributed by atoms with van der Waals surface area (Å²) in [6.45, 7) is 2.99. The van der Waals surface area contributed by atoms with Crippen LogP contribution in [0.1, 0.15) is 42.8 Å². The second-order valence-electron chi connectivity index (χ2n) is 5.99. The van der Waals surface area contributed by atoms with Gasteiger partial charge in [0.15, 0.2) is 0 Å². The average molecular weight is 307 g/mol. The second-order valence-corrected chi connectivity index (χ2v) is 6.93. The molecular weight excluding hydrogens is 286 g/mol. The van der Waals surface area contributed by atoms with Crippen LogP contribution in [0.15, 0.2) is 5.38 Å². The maximum atomic E-state index is 12.2. The van der Waals surface area contributed by atoms with E-state index in [-0.39, 0.29) is 17.7 Å². The smallest absolute Gasteiger partial charge is 0.225 e. The summed E-state index contributed by atoms with van der Waals surface area (Å²) in [5.74, 6) is -0.0667. The Balaban J connectivity index is 1.52. The summed E-state index contributed by atoms with van der Waals surface area (Å²) in [7, 11) is 0. The molecular formula is C15H21N3O2S. The maximum absolute atomic E-state index is 12.2. The fourth-order valence-electron chi connectivity index (χ4n) is 3.27. The number of hydrogen-bond donors (Lipinski definition) is 1. The zero-order valence-corrected chi connectivity index (χ0v) is 13.1. The molecule has 0 radical (unpaired) electrons. The molecule has 5 nitrogen and oxygen atoms in total. The van der Waals surface area contributed by atoms with Gasteiger partial charge < -0.3 is 10.2 Å². The summed E-state index contributed by atoms with van der Waals surface area (Å²) in [6.07, 6.45) is 4.96. The first-order valence-corrected chi connectivity index (χ1v) is 8.49. The molecule has 1 aliphatic carbocycles. The molecule has 21 heavy (non-hydrogen) atoms. The Labute approximate surface area is 128 Å². The number of carbonyl (C=O) groups excluding carboxylic acids is 2. The summed E-state index contributed by atoms with van der Waals surface area (Å²) in [5, 5.41) is 5.81. The van der Waals surface area contributed by atoms with Crippen molar-refractivity contribution >= 4 is 23.2 Å². The molecule has 1 atom stereocenters. The van der Waals surface area contributed by atoms with Gasteiger partial charge in [-0.3, -0.25) is 9.59 Å².